The van der Waals surface area contributed by atoms with Gasteiger partial charge in [0.1, 0.15) is 18.9 Å². The zero-order chi connectivity index (χ0) is 24.0. The molecule has 3 aromatic carbocycles. The Balaban J connectivity index is 1.73. The van der Waals surface area contributed by atoms with E-state index in [9.17, 15) is 13.2 Å². The number of nitrogens with one attached hydrogen (secondary N) is 1. The van der Waals surface area contributed by atoms with Crippen LogP contribution in [0.5, 0.6) is 5.75 Å². The Morgan fingerprint density at radius 3 is 1.88 bits per heavy atom. The summed E-state index contributed by atoms with van der Waals surface area (Å²) < 4.78 is 33.7. The zero-order valence-electron chi connectivity index (χ0n) is 19.4. The van der Waals surface area contributed by atoms with Crippen LogP contribution in [0.4, 0.5) is 5.69 Å². The molecule has 6 nitrogen and oxygen atoms in total. The van der Waals surface area contributed by atoms with Crippen molar-refractivity contribution in [3.63, 3.8) is 0 Å². The monoisotopic (exact) mass is 466 g/mol. The van der Waals surface area contributed by atoms with E-state index in [0.29, 0.717) is 11.4 Å². The molecule has 0 fully saturated rings. The normalized spacial score (nSPS) is 12.1. The molecule has 0 aliphatic carbocycles. The molecule has 0 aliphatic heterocycles. The second-order valence-corrected chi connectivity index (χ2v) is 10.1. The Kier molecular flexibility index (Phi) is 7.76. The molecule has 1 atom stereocenters. The number of sulfonamides is 1. The molecule has 3 rings (SSSR count). The third-order valence-electron chi connectivity index (χ3n) is 5.15. The number of nitrogens with zero attached hydrogens (tertiary/aromatic N) is 1. The van der Waals surface area contributed by atoms with Crippen LogP contribution in [0.25, 0.3) is 0 Å². The molecule has 0 aliphatic rings. The maximum absolute atomic E-state index is 13.4. The molecule has 0 aromatic heterocycles. The van der Waals surface area contributed by atoms with Crippen molar-refractivity contribution in [3.05, 3.63) is 89.5 Å². The minimum absolute atomic E-state index is 0.136. The minimum Gasteiger partial charge on any atom is -0.491 e. The van der Waals surface area contributed by atoms with Crippen molar-refractivity contribution in [2.24, 2.45) is 0 Å². The molecule has 0 bridgehead atoms. The van der Waals surface area contributed by atoms with Crippen LogP contribution in [0.15, 0.2) is 77.7 Å². The van der Waals surface area contributed by atoms with Gasteiger partial charge in [-0.05, 0) is 64.1 Å². The van der Waals surface area contributed by atoms with E-state index in [0.717, 1.165) is 21.0 Å². The van der Waals surface area contributed by atoms with Gasteiger partial charge in [0.05, 0.1) is 16.6 Å². The summed E-state index contributed by atoms with van der Waals surface area (Å²) in [6, 6.07) is 21.0. The van der Waals surface area contributed by atoms with E-state index in [-0.39, 0.29) is 24.1 Å². The Bertz CT molecular complexity index is 1170. The van der Waals surface area contributed by atoms with Gasteiger partial charge in [0.25, 0.3) is 10.0 Å². The number of anilines is 1. The molecular formula is C26H30N2O4S. The summed E-state index contributed by atoms with van der Waals surface area (Å²) >= 11 is 0. The van der Waals surface area contributed by atoms with E-state index in [1.807, 2.05) is 64.1 Å². The fourth-order valence-electron chi connectivity index (χ4n) is 3.21. The molecular weight excluding hydrogens is 436 g/mol. The third-order valence-corrected chi connectivity index (χ3v) is 6.93. The molecule has 0 spiro atoms. The predicted molar refractivity (Wildman–Crippen MR) is 131 cm³/mol. The topological polar surface area (TPSA) is 75.7 Å². The lowest BCUT2D eigenvalue weighted by molar-refractivity contribution is -0.120. The molecule has 0 heterocycles. The van der Waals surface area contributed by atoms with E-state index in [4.69, 9.17) is 4.74 Å². The second-order valence-electron chi connectivity index (χ2n) is 8.25. The Morgan fingerprint density at radius 2 is 1.33 bits per heavy atom. The molecule has 1 amide bonds. The second kappa shape index (κ2) is 10.5. The predicted octanol–water partition coefficient (Wildman–Crippen LogP) is 4.39. The number of hydrogen-bond donors (Lipinski definition) is 1. The Hall–Kier alpha value is -3.32. The molecule has 1 unspecified atom stereocenters. The van der Waals surface area contributed by atoms with Gasteiger partial charge in [0, 0.05) is 0 Å². The lowest BCUT2D eigenvalue weighted by Gasteiger charge is -2.25. The van der Waals surface area contributed by atoms with Crippen molar-refractivity contribution >= 4 is 21.6 Å². The van der Waals surface area contributed by atoms with Crippen molar-refractivity contribution in [3.8, 4) is 5.75 Å². The van der Waals surface area contributed by atoms with E-state index in [1.165, 1.54) is 0 Å². The van der Waals surface area contributed by atoms with Crippen LogP contribution in [0, 0.1) is 20.8 Å². The average molecular weight is 467 g/mol. The van der Waals surface area contributed by atoms with Gasteiger partial charge >= 0.3 is 0 Å². The van der Waals surface area contributed by atoms with Crippen molar-refractivity contribution in [1.29, 1.82) is 0 Å². The maximum Gasteiger partial charge on any atom is 0.264 e. The number of amides is 1. The molecule has 174 valence electrons. The van der Waals surface area contributed by atoms with Crippen LogP contribution in [0.1, 0.15) is 23.6 Å². The molecule has 0 saturated carbocycles. The molecule has 3 aromatic rings. The SMILES string of the molecule is Cc1ccc(OCC(C)NC(=O)CN(c2ccc(C)cc2)S(=O)(=O)c2ccc(C)cc2)cc1. The van der Waals surface area contributed by atoms with Crippen molar-refractivity contribution in [1.82, 2.24) is 5.32 Å². The van der Waals surface area contributed by atoms with Crippen LogP contribution in [-0.4, -0.2) is 33.5 Å². The first-order valence-corrected chi connectivity index (χ1v) is 12.2. The van der Waals surface area contributed by atoms with E-state index in [1.54, 1.807) is 36.4 Å². The van der Waals surface area contributed by atoms with Gasteiger partial charge in [-0.1, -0.05) is 53.1 Å². The first kappa shape index (κ1) is 24.3. The van der Waals surface area contributed by atoms with Gasteiger partial charge in [-0.3, -0.25) is 9.10 Å². The average Bonchev–Trinajstić information content (AvgIpc) is 2.78. The number of ether oxygens (including phenoxy) is 1. The summed E-state index contributed by atoms with van der Waals surface area (Å²) in [6.45, 7) is 7.55. The highest BCUT2D eigenvalue weighted by Gasteiger charge is 2.27. The summed E-state index contributed by atoms with van der Waals surface area (Å²) in [4.78, 5) is 13.0. The fourth-order valence-corrected chi connectivity index (χ4v) is 4.63. The van der Waals surface area contributed by atoms with Crippen LogP contribution < -0.4 is 14.4 Å². The van der Waals surface area contributed by atoms with Gasteiger partial charge < -0.3 is 10.1 Å². The summed E-state index contributed by atoms with van der Waals surface area (Å²) in [6.07, 6.45) is 0. The summed E-state index contributed by atoms with van der Waals surface area (Å²) in [5, 5.41) is 2.84. The number of rotatable bonds is 9. The van der Waals surface area contributed by atoms with Crippen molar-refractivity contribution < 1.29 is 17.9 Å². The lowest BCUT2D eigenvalue weighted by Crippen LogP contribution is -2.45. The third kappa shape index (κ3) is 6.58. The minimum atomic E-state index is -3.93. The summed E-state index contributed by atoms with van der Waals surface area (Å²) in [5.41, 5.74) is 3.52. The molecule has 0 saturated heterocycles. The van der Waals surface area contributed by atoms with Crippen LogP contribution in [-0.2, 0) is 14.8 Å². The van der Waals surface area contributed by atoms with Crippen LogP contribution in [0.2, 0.25) is 0 Å². The van der Waals surface area contributed by atoms with E-state index in [2.05, 4.69) is 5.32 Å². The van der Waals surface area contributed by atoms with Crippen LogP contribution >= 0.6 is 0 Å². The van der Waals surface area contributed by atoms with E-state index < -0.39 is 15.9 Å². The molecule has 7 heteroatoms. The van der Waals surface area contributed by atoms with Crippen LogP contribution in [0.3, 0.4) is 0 Å². The van der Waals surface area contributed by atoms with Gasteiger partial charge in [-0.25, -0.2) is 8.42 Å². The molecule has 0 radical (unpaired) electrons. The highest BCUT2D eigenvalue weighted by Crippen LogP contribution is 2.24. The lowest BCUT2D eigenvalue weighted by atomic mass is 10.2. The standard InChI is InChI=1S/C26H30N2O4S/c1-19-5-11-23(12-6-19)28(33(30,31)25-15-9-21(3)10-16-25)17-26(29)27-22(4)18-32-24-13-7-20(2)8-14-24/h5-16,22H,17-18H2,1-4H3,(H,27,29). The number of aryl methyl sites for hydroxylation is 3. The van der Waals surface area contributed by atoms with Gasteiger partial charge in [0.15, 0.2) is 0 Å². The quantitative estimate of drug-likeness (QED) is 0.507. The first-order chi connectivity index (χ1) is 15.6. The largest absolute Gasteiger partial charge is 0.491 e. The molecule has 1 N–H and O–H groups in total. The number of carbonyl (C=O) groups excluding carboxylic acids is 1. The van der Waals surface area contributed by atoms with Crippen molar-refractivity contribution in [2.75, 3.05) is 17.5 Å². The van der Waals surface area contributed by atoms with E-state index >= 15 is 0 Å². The van der Waals surface area contributed by atoms with Gasteiger partial charge in [-0.2, -0.15) is 0 Å². The Morgan fingerprint density at radius 1 is 0.848 bits per heavy atom. The maximum atomic E-state index is 13.4. The zero-order valence-corrected chi connectivity index (χ0v) is 20.2. The number of benzene rings is 3. The van der Waals surface area contributed by atoms with Crippen molar-refractivity contribution in [2.45, 2.75) is 38.6 Å². The van der Waals surface area contributed by atoms with Gasteiger partial charge in [0.2, 0.25) is 5.91 Å². The highest BCUT2D eigenvalue weighted by atomic mass is 32.2. The van der Waals surface area contributed by atoms with Gasteiger partial charge in [-0.15, -0.1) is 0 Å². The summed E-state index contributed by atoms with van der Waals surface area (Å²) in [5.74, 6) is 0.302. The smallest absolute Gasteiger partial charge is 0.264 e. The Labute approximate surface area is 196 Å². The number of carbonyl (C=O) groups is 1. The molecule has 33 heavy (non-hydrogen) atoms. The number of hydrogen-bond acceptors (Lipinski definition) is 4. The first-order valence-electron chi connectivity index (χ1n) is 10.8. The highest BCUT2D eigenvalue weighted by molar-refractivity contribution is 7.92. The summed E-state index contributed by atoms with van der Waals surface area (Å²) in [7, 11) is -3.93. The fraction of sp³-hybridized carbons (Fsp3) is 0.269.